The van der Waals surface area contributed by atoms with Crippen LogP contribution in [0.3, 0.4) is 0 Å². The van der Waals surface area contributed by atoms with E-state index in [0.29, 0.717) is 0 Å². The molecule has 5 nitrogen and oxygen atoms in total. The van der Waals surface area contributed by atoms with Gasteiger partial charge < -0.3 is 5.32 Å². The average Bonchev–Trinajstić information content (AvgIpc) is 3.01. The topological polar surface area (TPSA) is 47.7 Å². The van der Waals surface area contributed by atoms with Crippen molar-refractivity contribution in [3.63, 3.8) is 0 Å². The summed E-state index contributed by atoms with van der Waals surface area (Å²) < 4.78 is 4.06. The molecular weight excluding hydrogens is 262 g/mol. The van der Waals surface area contributed by atoms with Gasteiger partial charge in [-0.3, -0.25) is 9.25 Å². The fourth-order valence-corrected chi connectivity index (χ4v) is 2.72. The summed E-state index contributed by atoms with van der Waals surface area (Å²) in [4.78, 5) is 4.48. The molecule has 0 spiro atoms. The summed E-state index contributed by atoms with van der Waals surface area (Å²) in [7, 11) is 1.99. The summed E-state index contributed by atoms with van der Waals surface area (Å²) >= 11 is 0. The zero-order chi connectivity index (χ0) is 14.8. The largest absolute Gasteiger partial charge is 0.312 e. The lowest BCUT2D eigenvalue weighted by molar-refractivity contribution is 0.668. The van der Waals surface area contributed by atoms with E-state index in [1.54, 1.807) is 0 Å². The van der Waals surface area contributed by atoms with Gasteiger partial charge in [-0.15, -0.1) is 0 Å². The SMILES string of the molecule is CCCNCc1c(C)nn(C)c1-n1cnc2ccccc21. The molecule has 0 amide bonds. The van der Waals surface area contributed by atoms with Crippen LogP contribution in [0, 0.1) is 6.92 Å². The molecule has 0 bridgehead atoms. The molecule has 3 rings (SSSR count). The predicted octanol–water partition coefficient (Wildman–Crippen LogP) is 2.57. The van der Waals surface area contributed by atoms with E-state index >= 15 is 0 Å². The van der Waals surface area contributed by atoms with Crippen LogP contribution < -0.4 is 5.32 Å². The number of hydrogen-bond donors (Lipinski definition) is 1. The van der Waals surface area contributed by atoms with Gasteiger partial charge in [-0.1, -0.05) is 19.1 Å². The Bertz CT molecular complexity index is 753. The third-order valence-electron chi connectivity index (χ3n) is 3.72. The van der Waals surface area contributed by atoms with Gasteiger partial charge in [-0.05, 0) is 32.0 Å². The first-order valence-corrected chi connectivity index (χ1v) is 7.38. The Morgan fingerprint density at radius 1 is 1.24 bits per heavy atom. The molecule has 0 radical (unpaired) electrons. The molecule has 3 aromatic rings. The quantitative estimate of drug-likeness (QED) is 0.732. The van der Waals surface area contributed by atoms with Gasteiger partial charge in [0, 0.05) is 19.2 Å². The molecule has 1 aromatic carbocycles. The third kappa shape index (κ3) is 2.45. The second kappa shape index (κ2) is 5.69. The fraction of sp³-hybridized carbons (Fsp3) is 0.375. The van der Waals surface area contributed by atoms with Gasteiger partial charge in [0.05, 0.1) is 16.7 Å². The Kier molecular flexibility index (Phi) is 3.75. The first-order chi connectivity index (χ1) is 10.2. The maximum absolute atomic E-state index is 4.58. The normalized spacial score (nSPS) is 11.4. The predicted molar refractivity (Wildman–Crippen MR) is 84.6 cm³/mol. The fourth-order valence-electron chi connectivity index (χ4n) is 2.72. The van der Waals surface area contributed by atoms with Crippen LogP contribution in [0.5, 0.6) is 0 Å². The summed E-state index contributed by atoms with van der Waals surface area (Å²) in [5.41, 5.74) is 4.41. The zero-order valence-corrected chi connectivity index (χ0v) is 12.8. The molecule has 0 aliphatic carbocycles. The van der Waals surface area contributed by atoms with Crippen molar-refractivity contribution in [3.8, 4) is 5.82 Å². The van der Waals surface area contributed by atoms with Crippen molar-refractivity contribution in [1.82, 2.24) is 24.6 Å². The monoisotopic (exact) mass is 283 g/mol. The molecule has 0 saturated carbocycles. The van der Waals surface area contributed by atoms with Crippen molar-refractivity contribution in [2.45, 2.75) is 26.8 Å². The molecule has 0 atom stereocenters. The molecular formula is C16H21N5. The van der Waals surface area contributed by atoms with Crippen molar-refractivity contribution in [2.75, 3.05) is 6.54 Å². The second-order valence-corrected chi connectivity index (χ2v) is 5.29. The van der Waals surface area contributed by atoms with Crippen molar-refractivity contribution >= 4 is 11.0 Å². The molecule has 21 heavy (non-hydrogen) atoms. The number of rotatable bonds is 5. The highest BCUT2D eigenvalue weighted by Gasteiger charge is 2.16. The lowest BCUT2D eigenvalue weighted by atomic mass is 10.2. The Hall–Kier alpha value is -2.14. The number of aryl methyl sites for hydroxylation is 2. The number of nitrogens with zero attached hydrogens (tertiary/aromatic N) is 4. The van der Waals surface area contributed by atoms with Crippen LogP contribution in [0.4, 0.5) is 0 Å². The average molecular weight is 283 g/mol. The summed E-state index contributed by atoms with van der Waals surface area (Å²) in [5, 5.41) is 8.05. The van der Waals surface area contributed by atoms with Gasteiger partial charge in [0.2, 0.25) is 0 Å². The van der Waals surface area contributed by atoms with Gasteiger partial charge >= 0.3 is 0 Å². The number of hydrogen-bond acceptors (Lipinski definition) is 3. The van der Waals surface area contributed by atoms with Crippen molar-refractivity contribution in [3.05, 3.63) is 41.9 Å². The van der Waals surface area contributed by atoms with Crippen LogP contribution in [0.1, 0.15) is 24.6 Å². The molecule has 0 saturated heterocycles. The Morgan fingerprint density at radius 3 is 2.86 bits per heavy atom. The van der Waals surface area contributed by atoms with E-state index in [1.807, 2.05) is 36.3 Å². The van der Waals surface area contributed by atoms with Crippen molar-refractivity contribution in [2.24, 2.45) is 7.05 Å². The molecule has 0 aliphatic rings. The van der Waals surface area contributed by atoms with Crippen LogP contribution >= 0.6 is 0 Å². The molecule has 110 valence electrons. The summed E-state index contributed by atoms with van der Waals surface area (Å²) in [6, 6.07) is 8.18. The van der Waals surface area contributed by atoms with E-state index in [2.05, 4.69) is 39.9 Å². The van der Waals surface area contributed by atoms with Crippen LogP contribution in [0.25, 0.3) is 16.9 Å². The number of aromatic nitrogens is 4. The van der Waals surface area contributed by atoms with Gasteiger partial charge in [0.1, 0.15) is 12.1 Å². The Labute approximate surface area is 124 Å². The second-order valence-electron chi connectivity index (χ2n) is 5.29. The molecule has 5 heteroatoms. The zero-order valence-electron chi connectivity index (χ0n) is 12.8. The number of imidazole rings is 1. The summed E-state index contributed by atoms with van der Waals surface area (Å²) in [5.74, 6) is 1.09. The van der Waals surface area contributed by atoms with E-state index in [1.165, 1.54) is 5.56 Å². The highest BCUT2D eigenvalue weighted by molar-refractivity contribution is 5.77. The Morgan fingerprint density at radius 2 is 2.05 bits per heavy atom. The molecule has 0 aliphatic heterocycles. The maximum Gasteiger partial charge on any atom is 0.141 e. The van der Waals surface area contributed by atoms with Crippen LogP contribution in [-0.4, -0.2) is 25.9 Å². The van der Waals surface area contributed by atoms with Gasteiger partial charge in [-0.2, -0.15) is 5.10 Å². The minimum absolute atomic E-state index is 0.829. The van der Waals surface area contributed by atoms with Gasteiger partial charge in [0.25, 0.3) is 0 Å². The molecule has 1 N–H and O–H groups in total. The smallest absolute Gasteiger partial charge is 0.141 e. The standard InChI is InChI=1S/C16H21N5/c1-4-9-17-10-13-12(2)19-20(3)16(13)21-11-18-14-7-5-6-8-15(14)21/h5-8,11,17H,4,9-10H2,1-3H3. The third-order valence-corrected chi connectivity index (χ3v) is 3.72. The van der Waals surface area contributed by atoms with Crippen LogP contribution in [0.15, 0.2) is 30.6 Å². The number of nitrogens with one attached hydrogen (secondary N) is 1. The van der Waals surface area contributed by atoms with Gasteiger partial charge in [-0.25, -0.2) is 4.98 Å². The van der Waals surface area contributed by atoms with Crippen molar-refractivity contribution in [1.29, 1.82) is 0 Å². The summed E-state index contributed by atoms with van der Waals surface area (Å²) in [6.45, 7) is 6.08. The van der Waals surface area contributed by atoms with E-state index < -0.39 is 0 Å². The summed E-state index contributed by atoms with van der Waals surface area (Å²) in [6.07, 6.45) is 3.01. The maximum atomic E-state index is 4.58. The molecule has 0 fully saturated rings. The van der Waals surface area contributed by atoms with E-state index in [-0.39, 0.29) is 0 Å². The lowest BCUT2D eigenvalue weighted by Gasteiger charge is -2.09. The van der Waals surface area contributed by atoms with Crippen LogP contribution in [0.2, 0.25) is 0 Å². The number of fused-ring (bicyclic) bond motifs is 1. The van der Waals surface area contributed by atoms with E-state index in [9.17, 15) is 0 Å². The first-order valence-electron chi connectivity index (χ1n) is 7.38. The molecule has 2 aromatic heterocycles. The first kappa shape index (κ1) is 13.8. The minimum Gasteiger partial charge on any atom is -0.312 e. The number of benzene rings is 1. The Balaban J connectivity index is 2.09. The highest BCUT2D eigenvalue weighted by atomic mass is 15.3. The molecule has 0 unspecified atom stereocenters. The van der Waals surface area contributed by atoms with Crippen molar-refractivity contribution < 1.29 is 0 Å². The van der Waals surface area contributed by atoms with E-state index in [0.717, 1.165) is 42.1 Å². The molecule has 2 heterocycles. The number of para-hydroxylation sites is 2. The minimum atomic E-state index is 0.829. The lowest BCUT2D eigenvalue weighted by Crippen LogP contribution is -2.16. The van der Waals surface area contributed by atoms with E-state index in [4.69, 9.17) is 0 Å². The highest BCUT2D eigenvalue weighted by Crippen LogP contribution is 2.22. The van der Waals surface area contributed by atoms with Gasteiger partial charge in [0.15, 0.2) is 0 Å². The van der Waals surface area contributed by atoms with Crippen LogP contribution in [-0.2, 0) is 13.6 Å².